The van der Waals surface area contributed by atoms with Crippen LogP contribution in [0.25, 0.3) is 11.1 Å². The molecule has 0 aliphatic rings. The van der Waals surface area contributed by atoms with Gasteiger partial charge in [-0.3, -0.25) is 0 Å². The SMILES string of the molecule is CC(C)(Cc1c(N)cccc1-c1ccccc1)S(N)(=O)=O. The third-order valence-corrected chi connectivity index (χ3v) is 5.35. The molecule has 112 valence electrons. The lowest BCUT2D eigenvalue weighted by Crippen LogP contribution is -2.39. The Morgan fingerprint density at radius 1 is 1.00 bits per heavy atom. The van der Waals surface area contributed by atoms with Crippen LogP contribution in [0.4, 0.5) is 5.69 Å². The van der Waals surface area contributed by atoms with Crippen molar-refractivity contribution in [3.05, 3.63) is 54.1 Å². The molecular formula is C16H20N2O2S. The predicted molar refractivity (Wildman–Crippen MR) is 87.2 cm³/mol. The van der Waals surface area contributed by atoms with Gasteiger partial charge in [-0.15, -0.1) is 0 Å². The second-order valence-corrected chi connectivity index (χ2v) is 7.92. The van der Waals surface area contributed by atoms with E-state index in [1.807, 2.05) is 42.5 Å². The van der Waals surface area contributed by atoms with Crippen LogP contribution in [0.2, 0.25) is 0 Å². The largest absolute Gasteiger partial charge is 0.398 e. The summed E-state index contributed by atoms with van der Waals surface area (Å²) >= 11 is 0. The third-order valence-electron chi connectivity index (χ3n) is 3.67. The number of nitrogen functional groups attached to an aromatic ring is 1. The van der Waals surface area contributed by atoms with Crippen molar-refractivity contribution in [3.63, 3.8) is 0 Å². The molecule has 0 radical (unpaired) electrons. The molecular weight excluding hydrogens is 284 g/mol. The van der Waals surface area contributed by atoms with Crippen molar-refractivity contribution in [1.82, 2.24) is 0 Å². The Morgan fingerprint density at radius 2 is 1.62 bits per heavy atom. The molecule has 2 aromatic carbocycles. The molecule has 0 atom stereocenters. The van der Waals surface area contributed by atoms with Gasteiger partial charge in [0.1, 0.15) is 0 Å². The zero-order valence-electron chi connectivity index (χ0n) is 12.2. The zero-order chi connectivity index (χ0) is 15.7. The smallest absolute Gasteiger partial charge is 0.214 e. The average Bonchev–Trinajstić information content (AvgIpc) is 2.40. The molecule has 0 heterocycles. The summed E-state index contributed by atoms with van der Waals surface area (Å²) in [6.07, 6.45) is 0.267. The van der Waals surface area contributed by atoms with Gasteiger partial charge in [0.25, 0.3) is 0 Å². The van der Waals surface area contributed by atoms with E-state index < -0.39 is 14.8 Å². The first-order valence-corrected chi connectivity index (χ1v) is 8.22. The molecule has 0 spiro atoms. The Hall–Kier alpha value is -1.85. The number of hydrogen-bond acceptors (Lipinski definition) is 3. The maximum Gasteiger partial charge on any atom is 0.214 e. The van der Waals surface area contributed by atoms with Crippen molar-refractivity contribution in [2.45, 2.75) is 25.0 Å². The van der Waals surface area contributed by atoms with Gasteiger partial charge >= 0.3 is 0 Å². The van der Waals surface area contributed by atoms with Gasteiger partial charge in [-0.1, -0.05) is 42.5 Å². The number of sulfonamides is 1. The highest BCUT2D eigenvalue weighted by molar-refractivity contribution is 7.90. The van der Waals surface area contributed by atoms with Crippen molar-refractivity contribution in [2.24, 2.45) is 5.14 Å². The van der Waals surface area contributed by atoms with E-state index in [4.69, 9.17) is 10.9 Å². The summed E-state index contributed by atoms with van der Waals surface area (Å²) in [5.74, 6) is 0. The van der Waals surface area contributed by atoms with Gasteiger partial charge in [0.15, 0.2) is 0 Å². The van der Waals surface area contributed by atoms with Crippen LogP contribution < -0.4 is 10.9 Å². The molecule has 0 aromatic heterocycles. The summed E-state index contributed by atoms with van der Waals surface area (Å²) < 4.78 is 22.4. The van der Waals surface area contributed by atoms with Crippen LogP contribution in [0.3, 0.4) is 0 Å². The minimum absolute atomic E-state index is 0.267. The standard InChI is InChI=1S/C16H20N2O2S/c1-16(2,21(18,19)20)11-14-13(9-6-10-15(14)17)12-7-4-3-5-8-12/h3-10H,11,17H2,1-2H3,(H2,18,19,20). The molecule has 4 N–H and O–H groups in total. The van der Waals surface area contributed by atoms with Crippen molar-refractivity contribution in [1.29, 1.82) is 0 Å². The lowest BCUT2D eigenvalue weighted by Gasteiger charge is -2.24. The van der Waals surface area contributed by atoms with Gasteiger partial charge in [0.2, 0.25) is 10.0 Å². The minimum atomic E-state index is -3.67. The molecule has 0 saturated carbocycles. The Morgan fingerprint density at radius 3 is 2.19 bits per heavy atom. The van der Waals surface area contributed by atoms with Gasteiger partial charge in [-0.2, -0.15) is 0 Å². The van der Waals surface area contributed by atoms with Crippen LogP contribution in [-0.2, 0) is 16.4 Å². The highest BCUT2D eigenvalue weighted by Crippen LogP contribution is 2.32. The summed E-state index contributed by atoms with van der Waals surface area (Å²) in [6, 6.07) is 15.3. The monoisotopic (exact) mass is 304 g/mol. The summed E-state index contributed by atoms with van der Waals surface area (Å²) in [5, 5.41) is 5.33. The van der Waals surface area contributed by atoms with Crippen LogP contribution in [0.5, 0.6) is 0 Å². The van der Waals surface area contributed by atoms with Gasteiger partial charge in [-0.05, 0) is 43.0 Å². The van der Waals surface area contributed by atoms with Crippen molar-refractivity contribution >= 4 is 15.7 Å². The van der Waals surface area contributed by atoms with E-state index in [-0.39, 0.29) is 6.42 Å². The molecule has 0 fully saturated rings. The van der Waals surface area contributed by atoms with Gasteiger partial charge < -0.3 is 5.73 Å². The Balaban J connectivity index is 2.55. The maximum absolute atomic E-state index is 11.8. The van der Waals surface area contributed by atoms with Gasteiger partial charge in [0, 0.05) is 5.69 Å². The molecule has 0 aliphatic carbocycles. The van der Waals surface area contributed by atoms with Crippen LogP contribution in [0.1, 0.15) is 19.4 Å². The number of nitrogens with two attached hydrogens (primary N) is 2. The Bertz CT molecular complexity index is 738. The van der Waals surface area contributed by atoms with E-state index in [2.05, 4.69) is 0 Å². The maximum atomic E-state index is 11.8. The molecule has 5 heteroatoms. The minimum Gasteiger partial charge on any atom is -0.398 e. The summed E-state index contributed by atoms with van der Waals surface area (Å²) in [5.41, 5.74) is 9.40. The van der Waals surface area contributed by atoms with E-state index in [1.165, 1.54) is 0 Å². The third kappa shape index (κ3) is 3.25. The molecule has 4 nitrogen and oxygen atoms in total. The average molecular weight is 304 g/mol. The number of primary sulfonamides is 1. The van der Waals surface area contributed by atoms with Crippen molar-refractivity contribution in [2.75, 3.05) is 5.73 Å². The zero-order valence-corrected chi connectivity index (χ0v) is 13.0. The van der Waals surface area contributed by atoms with Gasteiger partial charge in [-0.25, -0.2) is 13.6 Å². The summed E-state index contributed by atoms with van der Waals surface area (Å²) in [6.45, 7) is 3.23. The Kier molecular flexibility index (Phi) is 4.07. The molecule has 0 amide bonds. The number of rotatable bonds is 4. The van der Waals surface area contributed by atoms with E-state index in [0.29, 0.717) is 5.69 Å². The first kappa shape index (κ1) is 15.5. The lowest BCUT2D eigenvalue weighted by atomic mass is 9.92. The molecule has 0 aliphatic heterocycles. The highest BCUT2D eigenvalue weighted by Gasteiger charge is 2.32. The highest BCUT2D eigenvalue weighted by atomic mass is 32.2. The van der Waals surface area contributed by atoms with Gasteiger partial charge in [0.05, 0.1) is 4.75 Å². The second kappa shape index (κ2) is 5.50. The molecule has 0 bridgehead atoms. The van der Waals surface area contributed by atoms with E-state index in [9.17, 15) is 8.42 Å². The first-order valence-electron chi connectivity index (χ1n) is 6.67. The van der Waals surface area contributed by atoms with Crippen molar-refractivity contribution < 1.29 is 8.42 Å². The van der Waals surface area contributed by atoms with Crippen LogP contribution in [0.15, 0.2) is 48.5 Å². The summed E-state index contributed by atoms with van der Waals surface area (Å²) in [4.78, 5) is 0. The predicted octanol–water partition coefficient (Wildman–Crippen LogP) is 2.55. The molecule has 2 rings (SSSR count). The fourth-order valence-corrected chi connectivity index (χ4v) is 2.56. The molecule has 0 unspecified atom stereocenters. The molecule has 0 saturated heterocycles. The van der Waals surface area contributed by atoms with E-state index in [0.717, 1.165) is 16.7 Å². The number of hydrogen-bond donors (Lipinski definition) is 2. The van der Waals surface area contributed by atoms with Crippen LogP contribution in [-0.4, -0.2) is 13.2 Å². The molecule has 21 heavy (non-hydrogen) atoms. The quantitative estimate of drug-likeness (QED) is 0.851. The normalized spacial score (nSPS) is 12.3. The topological polar surface area (TPSA) is 86.2 Å². The fraction of sp³-hybridized carbons (Fsp3) is 0.250. The number of anilines is 1. The van der Waals surface area contributed by atoms with Crippen molar-refractivity contribution in [3.8, 4) is 11.1 Å². The lowest BCUT2D eigenvalue weighted by molar-refractivity contribution is 0.546. The van der Waals surface area contributed by atoms with E-state index >= 15 is 0 Å². The van der Waals surface area contributed by atoms with Crippen LogP contribution in [0, 0.1) is 0 Å². The number of benzene rings is 2. The van der Waals surface area contributed by atoms with Crippen LogP contribution >= 0.6 is 0 Å². The fourth-order valence-electron chi connectivity index (χ4n) is 2.22. The molecule has 2 aromatic rings. The van der Waals surface area contributed by atoms with E-state index in [1.54, 1.807) is 19.9 Å². The first-order chi connectivity index (χ1) is 9.72. The Labute approximate surface area is 125 Å². The second-order valence-electron chi connectivity index (χ2n) is 5.72. The summed E-state index contributed by atoms with van der Waals surface area (Å²) in [7, 11) is -3.67.